The van der Waals surface area contributed by atoms with Crippen molar-refractivity contribution in [3.63, 3.8) is 0 Å². The van der Waals surface area contributed by atoms with Gasteiger partial charge in [-0.15, -0.1) is 0 Å². The van der Waals surface area contributed by atoms with E-state index >= 15 is 0 Å². The van der Waals surface area contributed by atoms with Crippen LogP contribution in [0.15, 0.2) is 54.6 Å². The molecule has 0 aromatic heterocycles. The lowest BCUT2D eigenvalue weighted by molar-refractivity contribution is -0.141. The number of anilines is 1. The van der Waals surface area contributed by atoms with Crippen molar-refractivity contribution in [3.05, 3.63) is 65.7 Å². The molecule has 0 aliphatic carbocycles. The highest BCUT2D eigenvalue weighted by molar-refractivity contribution is 7.92. The molecule has 0 saturated heterocycles. The number of aryl methyl sites for hydroxylation is 1. The standard InChI is InChI=1S/C27H39N3O4S/c1-7-22-15-17-24(18-16-22)30(35(6,33)34)19-11-14-25(31)29(20-23-12-9-8-10-13-23)21(2)26(32)28-27(3,4)5/h8-10,12-13,15-18,21H,7,11,14,19-20H2,1-6H3,(H,28,32)/t21-/m0/s1. The SMILES string of the molecule is CCc1ccc(N(CCCC(=O)N(Cc2ccccc2)[C@@H](C)C(=O)NC(C)(C)C)S(C)(=O)=O)cc1. The summed E-state index contributed by atoms with van der Waals surface area (Å²) >= 11 is 0. The highest BCUT2D eigenvalue weighted by atomic mass is 32.2. The molecule has 0 unspecified atom stereocenters. The lowest BCUT2D eigenvalue weighted by Gasteiger charge is -2.32. The zero-order chi connectivity index (χ0) is 26.2. The summed E-state index contributed by atoms with van der Waals surface area (Å²) in [6.07, 6.45) is 2.49. The number of amides is 2. The molecule has 7 nitrogen and oxygen atoms in total. The van der Waals surface area contributed by atoms with Gasteiger partial charge in [0.15, 0.2) is 0 Å². The quantitative estimate of drug-likeness (QED) is 0.502. The van der Waals surface area contributed by atoms with Crippen LogP contribution < -0.4 is 9.62 Å². The van der Waals surface area contributed by atoms with Crippen molar-refractivity contribution in [2.45, 2.75) is 72.0 Å². The molecule has 0 saturated carbocycles. The molecule has 0 spiro atoms. The van der Waals surface area contributed by atoms with Crippen LogP contribution in [-0.4, -0.2) is 49.5 Å². The van der Waals surface area contributed by atoms with E-state index in [1.165, 1.54) is 10.6 Å². The molecule has 0 aliphatic heterocycles. The number of benzene rings is 2. The molecule has 0 aliphatic rings. The number of sulfonamides is 1. The first-order valence-corrected chi connectivity index (χ1v) is 13.9. The predicted octanol–water partition coefficient (Wildman–Crippen LogP) is 4.13. The van der Waals surface area contributed by atoms with Gasteiger partial charge < -0.3 is 10.2 Å². The highest BCUT2D eigenvalue weighted by Gasteiger charge is 2.28. The van der Waals surface area contributed by atoms with Crippen LogP contribution in [0.25, 0.3) is 0 Å². The lowest BCUT2D eigenvalue weighted by Crippen LogP contribution is -2.52. The van der Waals surface area contributed by atoms with Gasteiger partial charge in [-0.3, -0.25) is 13.9 Å². The molecule has 2 aromatic carbocycles. The maximum absolute atomic E-state index is 13.3. The molecule has 1 atom stereocenters. The van der Waals surface area contributed by atoms with Gasteiger partial charge in [-0.1, -0.05) is 49.4 Å². The Morgan fingerprint density at radius 2 is 1.57 bits per heavy atom. The smallest absolute Gasteiger partial charge is 0.242 e. The van der Waals surface area contributed by atoms with Crippen molar-refractivity contribution in [2.75, 3.05) is 17.1 Å². The summed E-state index contributed by atoms with van der Waals surface area (Å²) in [5.74, 6) is -0.421. The molecule has 2 aromatic rings. The van der Waals surface area contributed by atoms with E-state index < -0.39 is 21.6 Å². The molecule has 192 valence electrons. The van der Waals surface area contributed by atoms with E-state index in [-0.39, 0.29) is 24.8 Å². The maximum Gasteiger partial charge on any atom is 0.242 e. The van der Waals surface area contributed by atoms with Gasteiger partial charge in [0.1, 0.15) is 6.04 Å². The van der Waals surface area contributed by atoms with Crippen molar-refractivity contribution < 1.29 is 18.0 Å². The van der Waals surface area contributed by atoms with Gasteiger partial charge in [0.2, 0.25) is 21.8 Å². The van der Waals surface area contributed by atoms with E-state index in [2.05, 4.69) is 5.32 Å². The van der Waals surface area contributed by atoms with E-state index in [0.717, 1.165) is 17.5 Å². The molecule has 0 radical (unpaired) electrons. The number of nitrogens with zero attached hydrogens (tertiary/aromatic N) is 2. The fraction of sp³-hybridized carbons (Fsp3) is 0.481. The molecular formula is C27H39N3O4S. The first kappa shape index (κ1) is 28.4. The molecule has 0 fully saturated rings. The minimum atomic E-state index is -3.51. The molecular weight excluding hydrogens is 462 g/mol. The van der Waals surface area contributed by atoms with E-state index in [0.29, 0.717) is 18.7 Å². The van der Waals surface area contributed by atoms with Gasteiger partial charge in [-0.05, 0) is 63.8 Å². The van der Waals surface area contributed by atoms with Gasteiger partial charge in [0.25, 0.3) is 0 Å². The summed E-state index contributed by atoms with van der Waals surface area (Å²) < 4.78 is 26.2. The van der Waals surface area contributed by atoms with Crippen molar-refractivity contribution in [2.24, 2.45) is 0 Å². The van der Waals surface area contributed by atoms with Crippen LogP contribution in [0.3, 0.4) is 0 Å². The summed E-state index contributed by atoms with van der Waals surface area (Å²) in [7, 11) is -3.51. The summed E-state index contributed by atoms with van der Waals surface area (Å²) in [6, 6.07) is 16.3. The van der Waals surface area contributed by atoms with Gasteiger partial charge >= 0.3 is 0 Å². The number of nitrogens with one attached hydrogen (secondary N) is 1. The van der Waals surface area contributed by atoms with Crippen LogP contribution in [0.2, 0.25) is 0 Å². The Balaban J connectivity index is 2.15. The first-order chi connectivity index (χ1) is 16.3. The van der Waals surface area contributed by atoms with Gasteiger partial charge in [-0.25, -0.2) is 8.42 Å². The van der Waals surface area contributed by atoms with Crippen LogP contribution in [-0.2, 0) is 32.6 Å². The van der Waals surface area contributed by atoms with Crippen LogP contribution in [0, 0.1) is 0 Å². The van der Waals surface area contributed by atoms with E-state index in [4.69, 9.17) is 0 Å². The zero-order valence-corrected chi connectivity index (χ0v) is 22.6. The second-order valence-electron chi connectivity index (χ2n) is 9.88. The highest BCUT2D eigenvalue weighted by Crippen LogP contribution is 2.20. The molecule has 35 heavy (non-hydrogen) atoms. The Labute approximate surface area is 210 Å². The molecule has 2 rings (SSSR count). The Hall–Kier alpha value is -2.87. The molecule has 8 heteroatoms. The number of rotatable bonds is 11. The topological polar surface area (TPSA) is 86.8 Å². The van der Waals surface area contributed by atoms with Gasteiger partial charge in [-0.2, -0.15) is 0 Å². The minimum Gasteiger partial charge on any atom is -0.350 e. The van der Waals surface area contributed by atoms with Crippen LogP contribution in [0.5, 0.6) is 0 Å². The van der Waals surface area contributed by atoms with Crippen molar-refractivity contribution in [1.29, 1.82) is 0 Å². The van der Waals surface area contributed by atoms with Crippen molar-refractivity contribution >= 4 is 27.5 Å². The Bertz CT molecular complexity index is 1080. The predicted molar refractivity (Wildman–Crippen MR) is 142 cm³/mol. The third kappa shape index (κ3) is 9.02. The average Bonchev–Trinajstić information content (AvgIpc) is 2.78. The Kier molecular flexibility index (Phi) is 9.89. The molecule has 1 N–H and O–H groups in total. The minimum absolute atomic E-state index is 0.124. The summed E-state index contributed by atoms with van der Waals surface area (Å²) in [4.78, 5) is 27.7. The molecule has 2 amide bonds. The summed E-state index contributed by atoms with van der Waals surface area (Å²) in [5, 5.41) is 2.94. The monoisotopic (exact) mass is 501 g/mol. The fourth-order valence-electron chi connectivity index (χ4n) is 3.74. The summed E-state index contributed by atoms with van der Waals surface area (Å²) in [6.45, 7) is 9.93. The van der Waals surface area contributed by atoms with Crippen molar-refractivity contribution in [1.82, 2.24) is 10.2 Å². The third-order valence-electron chi connectivity index (χ3n) is 5.65. The van der Waals surface area contributed by atoms with Crippen LogP contribution in [0.4, 0.5) is 5.69 Å². The second kappa shape index (κ2) is 12.2. The van der Waals surface area contributed by atoms with Crippen molar-refractivity contribution in [3.8, 4) is 0 Å². The average molecular weight is 502 g/mol. The largest absolute Gasteiger partial charge is 0.350 e. The first-order valence-electron chi connectivity index (χ1n) is 12.0. The number of carbonyl (C=O) groups is 2. The normalized spacial score (nSPS) is 12.6. The molecule has 0 bridgehead atoms. The zero-order valence-electron chi connectivity index (χ0n) is 21.7. The third-order valence-corrected chi connectivity index (χ3v) is 6.84. The van der Waals surface area contributed by atoms with Crippen LogP contribution >= 0.6 is 0 Å². The fourth-order valence-corrected chi connectivity index (χ4v) is 4.70. The number of hydrogen-bond acceptors (Lipinski definition) is 4. The second-order valence-corrected chi connectivity index (χ2v) is 11.8. The van der Waals surface area contributed by atoms with Gasteiger partial charge in [0, 0.05) is 25.0 Å². The Morgan fingerprint density at radius 1 is 0.971 bits per heavy atom. The lowest BCUT2D eigenvalue weighted by atomic mass is 10.1. The number of hydrogen-bond donors (Lipinski definition) is 1. The number of carbonyl (C=O) groups excluding carboxylic acids is 2. The van der Waals surface area contributed by atoms with Crippen LogP contribution in [0.1, 0.15) is 58.6 Å². The Morgan fingerprint density at radius 3 is 2.09 bits per heavy atom. The van der Waals surface area contributed by atoms with E-state index in [1.54, 1.807) is 24.0 Å². The van der Waals surface area contributed by atoms with E-state index in [1.807, 2.05) is 70.2 Å². The van der Waals surface area contributed by atoms with E-state index in [9.17, 15) is 18.0 Å². The molecule has 0 heterocycles. The maximum atomic E-state index is 13.3. The summed E-state index contributed by atoms with van der Waals surface area (Å²) in [5.41, 5.74) is 2.20. The van der Waals surface area contributed by atoms with Gasteiger partial charge in [0.05, 0.1) is 11.9 Å².